The number of nitrogens with zero attached hydrogens (tertiary/aromatic N) is 2. The van der Waals surface area contributed by atoms with Gasteiger partial charge < -0.3 is 9.63 Å². The Kier molecular flexibility index (Phi) is 4.76. The van der Waals surface area contributed by atoms with E-state index in [4.69, 9.17) is 4.52 Å². The van der Waals surface area contributed by atoms with Crippen LogP contribution in [-0.2, 0) is 10.0 Å². The van der Waals surface area contributed by atoms with Gasteiger partial charge in [0.15, 0.2) is 5.76 Å². The summed E-state index contributed by atoms with van der Waals surface area (Å²) in [6, 6.07) is 0. The highest BCUT2D eigenvalue weighted by Crippen LogP contribution is 2.25. The van der Waals surface area contributed by atoms with Gasteiger partial charge in [-0.05, 0) is 26.7 Å². The lowest BCUT2D eigenvalue weighted by molar-refractivity contribution is 0.0188. The second kappa shape index (κ2) is 5.60. The Bertz CT molecular complexity index is 512. The molecule has 1 rings (SSSR count). The fourth-order valence-electron chi connectivity index (χ4n) is 1.97. The standard InChI is InChI=1S/C12H22N2O4S/c1-6-12(15,7-2)8-14(5)19(16,17)11-9(3)13-18-10(11)4/h15H,6-8H2,1-5H3. The second-order valence-corrected chi connectivity index (χ2v) is 6.83. The Morgan fingerprint density at radius 1 is 1.32 bits per heavy atom. The first-order chi connectivity index (χ1) is 8.68. The molecule has 0 amide bonds. The number of hydrogen-bond donors (Lipinski definition) is 1. The maximum atomic E-state index is 12.5. The lowest BCUT2D eigenvalue weighted by Gasteiger charge is -2.30. The highest BCUT2D eigenvalue weighted by atomic mass is 32.2. The molecule has 0 aliphatic carbocycles. The highest BCUT2D eigenvalue weighted by molar-refractivity contribution is 7.89. The molecule has 0 saturated carbocycles. The van der Waals surface area contributed by atoms with Gasteiger partial charge in [-0.15, -0.1) is 0 Å². The van der Waals surface area contributed by atoms with Gasteiger partial charge in [0.25, 0.3) is 0 Å². The molecular weight excluding hydrogens is 268 g/mol. The van der Waals surface area contributed by atoms with Crippen molar-refractivity contribution < 1.29 is 18.0 Å². The van der Waals surface area contributed by atoms with Crippen molar-refractivity contribution in [2.75, 3.05) is 13.6 Å². The molecule has 0 fully saturated rings. The van der Waals surface area contributed by atoms with E-state index in [1.165, 1.54) is 7.05 Å². The average Bonchev–Trinajstić information content (AvgIpc) is 2.69. The Morgan fingerprint density at radius 3 is 2.21 bits per heavy atom. The molecular formula is C12H22N2O4S. The third-order valence-corrected chi connectivity index (χ3v) is 5.52. The lowest BCUT2D eigenvalue weighted by Crippen LogP contribution is -2.43. The predicted octanol–water partition coefficient (Wildman–Crippen LogP) is 1.46. The largest absolute Gasteiger partial charge is 0.389 e. The molecule has 110 valence electrons. The maximum Gasteiger partial charge on any atom is 0.248 e. The van der Waals surface area contributed by atoms with E-state index in [9.17, 15) is 13.5 Å². The van der Waals surface area contributed by atoms with Crippen LogP contribution in [0.4, 0.5) is 0 Å². The van der Waals surface area contributed by atoms with Crippen molar-refractivity contribution in [1.82, 2.24) is 9.46 Å². The third-order valence-electron chi connectivity index (χ3n) is 3.47. The first kappa shape index (κ1) is 16.1. The number of likely N-dealkylation sites (N-methyl/N-ethyl adjacent to an activating group) is 1. The highest BCUT2D eigenvalue weighted by Gasteiger charge is 2.33. The van der Waals surface area contributed by atoms with Crippen molar-refractivity contribution >= 4 is 10.0 Å². The van der Waals surface area contributed by atoms with E-state index in [-0.39, 0.29) is 17.2 Å². The Hall–Kier alpha value is -0.920. The van der Waals surface area contributed by atoms with Crippen LogP contribution in [0.25, 0.3) is 0 Å². The normalized spacial score (nSPS) is 13.2. The summed E-state index contributed by atoms with van der Waals surface area (Å²) < 4.78 is 31.0. The number of rotatable bonds is 6. The van der Waals surface area contributed by atoms with E-state index < -0.39 is 15.6 Å². The Morgan fingerprint density at radius 2 is 1.84 bits per heavy atom. The van der Waals surface area contributed by atoms with Gasteiger partial charge in [0.1, 0.15) is 10.6 Å². The molecule has 0 aliphatic heterocycles. The molecule has 0 aliphatic rings. The molecule has 0 unspecified atom stereocenters. The molecule has 1 heterocycles. The molecule has 1 N–H and O–H groups in total. The van der Waals surface area contributed by atoms with E-state index in [1.54, 1.807) is 13.8 Å². The molecule has 0 bridgehead atoms. The van der Waals surface area contributed by atoms with Gasteiger partial charge in [-0.25, -0.2) is 8.42 Å². The molecule has 0 spiro atoms. The monoisotopic (exact) mass is 290 g/mol. The Balaban J connectivity index is 3.08. The summed E-state index contributed by atoms with van der Waals surface area (Å²) in [7, 11) is -2.24. The number of aliphatic hydroxyl groups is 1. The second-order valence-electron chi connectivity index (χ2n) is 4.85. The SMILES string of the molecule is CCC(O)(CC)CN(C)S(=O)(=O)c1c(C)noc1C. The van der Waals surface area contributed by atoms with Crippen LogP contribution >= 0.6 is 0 Å². The third kappa shape index (κ3) is 3.16. The molecule has 0 aromatic carbocycles. The van der Waals surface area contributed by atoms with E-state index in [2.05, 4.69) is 5.16 Å². The van der Waals surface area contributed by atoms with Crippen LogP contribution in [-0.4, -0.2) is 42.2 Å². The van der Waals surface area contributed by atoms with Crippen molar-refractivity contribution in [3.8, 4) is 0 Å². The lowest BCUT2D eigenvalue weighted by atomic mass is 9.98. The summed E-state index contributed by atoms with van der Waals surface area (Å²) in [5, 5.41) is 13.9. The van der Waals surface area contributed by atoms with Gasteiger partial charge in [0.05, 0.1) is 5.60 Å². The first-order valence-electron chi connectivity index (χ1n) is 6.29. The van der Waals surface area contributed by atoms with Crippen LogP contribution in [0.5, 0.6) is 0 Å². The minimum atomic E-state index is -3.69. The van der Waals surface area contributed by atoms with Gasteiger partial charge in [0, 0.05) is 13.6 Å². The van der Waals surface area contributed by atoms with Gasteiger partial charge in [-0.1, -0.05) is 19.0 Å². The summed E-state index contributed by atoms with van der Waals surface area (Å²) in [6.07, 6.45) is 0.982. The van der Waals surface area contributed by atoms with Crippen LogP contribution in [0, 0.1) is 13.8 Å². The van der Waals surface area contributed by atoms with Crippen LogP contribution in [0.2, 0.25) is 0 Å². The van der Waals surface area contributed by atoms with Gasteiger partial charge in [-0.3, -0.25) is 0 Å². The molecule has 1 aromatic heterocycles. The summed E-state index contributed by atoms with van der Waals surface area (Å²) in [5.41, 5.74) is -0.679. The molecule has 7 heteroatoms. The molecule has 19 heavy (non-hydrogen) atoms. The number of hydrogen-bond acceptors (Lipinski definition) is 5. The van der Waals surface area contributed by atoms with Gasteiger partial charge in [0.2, 0.25) is 10.0 Å². The summed E-state index contributed by atoms with van der Waals surface area (Å²) in [5.74, 6) is 0.265. The fraction of sp³-hybridized carbons (Fsp3) is 0.750. The van der Waals surface area contributed by atoms with E-state index >= 15 is 0 Å². The van der Waals surface area contributed by atoms with Crippen LogP contribution in [0.1, 0.15) is 38.1 Å². The van der Waals surface area contributed by atoms with E-state index in [1.807, 2.05) is 13.8 Å². The average molecular weight is 290 g/mol. The van der Waals surface area contributed by atoms with Crippen molar-refractivity contribution in [2.45, 2.75) is 51.0 Å². The van der Waals surface area contributed by atoms with Gasteiger partial charge >= 0.3 is 0 Å². The number of aryl methyl sites for hydroxylation is 2. The smallest absolute Gasteiger partial charge is 0.248 e. The van der Waals surface area contributed by atoms with Crippen molar-refractivity contribution in [1.29, 1.82) is 0 Å². The Labute approximate surface area is 114 Å². The van der Waals surface area contributed by atoms with Crippen LogP contribution in [0.15, 0.2) is 9.42 Å². The molecule has 1 aromatic rings. The van der Waals surface area contributed by atoms with Crippen LogP contribution in [0.3, 0.4) is 0 Å². The van der Waals surface area contributed by atoms with E-state index in [0.29, 0.717) is 18.5 Å². The first-order valence-corrected chi connectivity index (χ1v) is 7.73. The quantitative estimate of drug-likeness (QED) is 0.857. The number of sulfonamides is 1. The van der Waals surface area contributed by atoms with Crippen molar-refractivity contribution in [2.24, 2.45) is 0 Å². The maximum absolute atomic E-state index is 12.5. The molecule has 0 saturated heterocycles. The zero-order chi connectivity index (χ0) is 14.8. The predicted molar refractivity (Wildman–Crippen MR) is 71.3 cm³/mol. The van der Waals surface area contributed by atoms with Crippen LogP contribution < -0.4 is 0 Å². The fourth-order valence-corrected chi connectivity index (χ4v) is 3.50. The minimum absolute atomic E-state index is 0.0480. The van der Waals surface area contributed by atoms with Gasteiger partial charge in [-0.2, -0.15) is 4.31 Å². The number of aromatic nitrogens is 1. The molecule has 0 atom stereocenters. The summed E-state index contributed by atoms with van der Waals surface area (Å²) >= 11 is 0. The minimum Gasteiger partial charge on any atom is -0.389 e. The van der Waals surface area contributed by atoms with E-state index in [0.717, 1.165) is 4.31 Å². The topological polar surface area (TPSA) is 83.6 Å². The summed E-state index contributed by atoms with van der Waals surface area (Å²) in [6.45, 7) is 6.86. The zero-order valence-corrected chi connectivity index (χ0v) is 12.9. The summed E-state index contributed by atoms with van der Waals surface area (Å²) in [4.78, 5) is 0.0876. The molecule has 6 nitrogen and oxygen atoms in total. The zero-order valence-electron chi connectivity index (χ0n) is 12.1. The van der Waals surface area contributed by atoms with Crippen molar-refractivity contribution in [3.05, 3.63) is 11.5 Å². The molecule has 0 radical (unpaired) electrons. The van der Waals surface area contributed by atoms with Crippen molar-refractivity contribution in [3.63, 3.8) is 0 Å².